The SMILES string of the molecule is C/C(=N\NC(=O)CSc1nnc(-c2nc(C(C)C)cs2)n1-c1ccccc1)c1ccc(Cl)cc1. The predicted molar refractivity (Wildman–Crippen MR) is 139 cm³/mol. The molecular weight excluding hydrogens is 488 g/mol. The van der Waals surface area contributed by atoms with Gasteiger partial charge in [-0.3, -0.25) is 9.36 Å². The van der Waals surface area contributed by atoms with E-state index in [9.17, 15) is 4.79 Å². The zero-order valence-electron chi connectivity index (χ0n) is 18.9. The second-order valence-corrected chi connectivity index (χ2v) is 9.97. The van der Waals surface area contributed by atoms with Crippen molar-refractivity contribution in [1.82, 2.24) is 25.2 Å². The summed E-state index contributed by atoms with van der Waals surface area (Å²) in [5.74, 6) is 0.881. The van der Waals surface area contributed by atoms with Crippen molar-refractivity contribution in [3.63, 3.8) is 0 Å². The molecule has 0 aliphatic heterocycles. The molecule has 34 heavy (non-hydrogen) atoms. The summed E-state index contributed by atoms with van der Waals surface area (Å²) in [6.07, 6.45) is 0. The Balaban J connectivity index is 1.51. The summed E-state index contributed by atoms with van der Waals surface area (Å²) < 4.78 is 1.93. The Hall–Kier alpha value is -3.01. The van der Waals surface area contributed by atoms with Crippen LogP contribution in [0.25, 0.3) is 16.5 Å². The highest BCUT2D eigenvalue weighted by Gasteiger charge is 2.20. The van der Waals surface area contributed by atoms with Crippen LogP contribution in [0, 0.1) is 0 Å². The Morgan fingerprint density at radius 3 is 2.56 bits per heavy atom. The van der Waals surface area contributed by atoms with Gasteiger partial charge in [-0.05, 0) is 42.7 Å². The number of aromatic nitrogens is 4. The lowest BCUT2D eigenvalue weighted by Crippen LogP contribution is -2.21. The number of hydrogen-bond donors (Lipinski definition) is 1. The molecule has 1 amide bonds. The second-order valence-electron chi connectivity index (χ2n) is 7.74. The minimum absolute atomic E-state index is 0.136. The van der Waals surface area contributed by atoms with Crippen molar-refractivity contribution in [2.24, 2.45) is 5.10 Å². The van der Waals surface area contributed by atoms with Crippen LogP contribution in [0.3, 0.4) is 0 Å². The van der Waals surface area contributed by atoms with Crippen molar-refractivity contribution in [3.05, 3.63) is 76.3 Å². The first-order chi connectivity index (χ1) is 16.4. The molecule has 4 aromatic rings. The first-order valence-electron chi connectivity index (χ1n) is 10.6. The van der Waals surface area contributed by atoms with Crippen LogP contribution in [0.2, 0.25) is 5.02 Å². The van der Waals surface area contributed by atoms with Crippen LogP contribution in [0.5, 0.6) is 0 Å². The quantitative estimate of drug-likeness (QED) is 0.184. The van der Waals surface area contributed by atoms with E-state index in [1.807, 2.05) is 59.3 Å². The van der Waals surface area contributed by atoms with Crippen LogP contribution in [-0.4, -0.2) is 37.1 Å². The molecule has 4 rings (SSSR count). The molecule has 0 spiro atoms. The lowest BCUT2D eigenvalue weighted by atomic mass is 10.1. The van der Waals surface area contributed by atoms with Gasteiger partial charge in [0.1, 0.15) is 0 Å². The Morgan fingerprint density at radius 2 is 1.88 bits per heavy atom. The average Bonchev–Trinajstić information content (AvgIpc) is 3.49. The highest BCUT2D eigenvalue weighted by Crippen LogP contribution is 2.31. The normalized spacial score (nSPS) is 11.7. The number of carbonyl (C=O) groups excluding carboxylic acids is 1. The smallest absolute Gasteiger partial charge is 0.250 e. The van der Waals surface area contributed by atoms with Crippen molar-refractivity contribution >= 4 is 46.3 Å². The molecule has 0 bridgehead atoms. The molecule has 0 radical (unpaired) electrons. The number of thiazole rings is 1. The minimum atomic E-state index is -0.237. The van der Waals surface area contributed by atoms with Crippen LogP contribution in [0.1, 0.15) is 37.9 Å². The van der Waals surface area contributed by atoms with Gasteiger partial charge in [-0.15, -0.1) is 21.5 Å². The monoisotopic (exact) mass is 510 g/mol. The fourth-order valence-electron chi connectivity index (χ4n) is 3.03. The van der Waals surface area contributed by atoms with Crippen molar-refractivity contribution in [3.8, 4) is 16.5 Å². The van der Waals surface area contributed by atoms with Gasteiger partial charge in [0.05, 0.1) is 17.2 Å². The maximum atomic E-state index is 12.5. The summed E-state index contributed by atoms with van der Waals surface area (Å²) in [5, 5.41) is 17.1. The Kier molecular flexibility index (Phi) is 7.77. The zero-order valence-corrected chi connectivity index (χ0v) is 21.3. The molecule has 7 nitrogen and oxygen atoms in total. The van der Waals surface area contributed by atoms with Gasteiger partial charge in [0.2, 0.25) is 0 Å². The molecule has 2 aromatic carbocycles. The molecule has 10 heteroatoms. The van der Waals surface area contributed by atoms with E-state index in [1.54, 1.807) is 12.1 Å². The highest BCUT2D eigenvalue weighted by molar-refractivity contribution is 7.99. The lowest BCUT2D eigenvalue weighted by molar-refractivity contribution is -0.118. The summed E-state index contributed by atoms with van der Waals surface area (Å²) in [6.45, 7) is 6.05. The predicted octanol–water partition coefficient (Wildman–Crippen LogP) is 5.80. The molecule has 2 heterocycles. The molecule has 2 aromatic heterocycles. The molecule has 0 saturated heterocycles. The standard InChI is InChI=1S/C24H23ClN6OS2/c1-15(2)20-13-33-23(26-20)22-29-30-24(31(22)19-7-5-4-6-8-19)34-14-21(32)28-27-16(3)17-9-11-18(25)12-10-17/h4-13,15H,14H2,1-3H3,(H,28,32)/b27-16+. The molecule has 1 N–H and O–H groups in total. The summed E-state index contributed by atoms with van der Waals surface area (Å²) in [5.41, 5.74) is 6.10. The van der Waals surface area contributed by atoms with Gasteiger partial charge < -0.3 is 0 Å². The summed E-state index contributed by atoms with van der Waals surface area (Å²) in [4.78, 5) is 17.2. The Morgan fingerprint density at radius 1 is 1.15 bits per heavy atom. The van der Waals surface area contributed by atoms with E-state index < -0.39 is 0 Å². The largest absolute Gasteiger partial charge is 0.272 e. The number of thioether (sulfide) groups is 1. The number of para-hydroxylation sites is 1. The maximum absolute atomic E-state index is 12.5. The van der Waals surface area contributed by atoms with Crippen LogP contribution in [-0.2, 0) is 4.79 Å². The third-order valence-corrected chi connectivity index (χ3v) is 6.93. The molecular formula is C24H23ClN6OS2. The van der Waals surface area contributed by atoms with Gasteiger partial charge in [-0.25, -0.2) is 10.4 Å². The van der Waals surface area contributed by atoms with Crippen LogP contribution < -0.4 is 5.43 Å². The number of hydrogen-bond acceptors (Lipinski definition) is 7. The Bertz CT molecular complexity index is 1300. The van der Waals surface area contributed by atoms with E-state index in [-0.39, 0.29) is 11.7 Å². The van der Waals surface area contributed by atoms with Gasteiger partial charge in [-0.2, -0.15) is 5.10 Å². The number of nitrogens with one attached hydrogen (secondary N) is 1. The molecule has 0 atom stereocenters. The van der Waals surface area contributed by atoms with E-state index in [4.69, 9.17) is 16.6 Å². The van der Waals surface area contributed by atoms with Gasteiger partial charge in [-0.1, -0.05) is 67.5 Å². The summed E-state index contributed by atoms with van der Waals surface area (Å²) in [7, 11) is 0. The van der Waals surface area contributed by atoms with E-state index >= 15 is 0 Å². The van der Waals surface area contributed by atoms with Crippen LogP contribution in [0.15, 0.2) is 70.2 Å². The number of halogens is 1. The summed E-state index contributed by atoms with van der Waals surface area (Å²) >= 11 is 8.76. The van der Waals surface area contributed by atoms with Crippen LogP contribution >= 0.6 is 34.7 Å². The first-order valence-corrected chi connectivity index (χ1v) is 12.8. The van der Waals surface area contributed by atoms with Crippen molar-refractivity contribution in [1.29, 1.82) is 0 Å². The number of nitrogens with zero attached hydrogens (tertiary/aromatic N) is 5. The Labute approximate surface area is 211 Å². The molecule has 174 valence electrons. The third-order valence-electron chi connectivity index (χ3n) is 4.90. The van der Waals surface area contributed by atoms with E-state index in [1.165, 1.54) is 23.1 Å². The highest BCUT2D eigenvalue weighted by atomic mass is 35.5. The van der Waals surface area contributed by atoms with Crippen molar-refractivity contribution < 1.29 is 4.79 Å². The van der Waals surface area contributed by atoms with Crippen LogP contribution in [0.4, 0.5) is 0 Å². The van der Waals surface area contributed by atoms with Gasteiger partial charge >= 0.3 is 0 Å². The van der Waals surface area contributed by atoms with Crippen molar-refractivity contribution in [2.75, 3.05) is 5.75 Å². The number of hydrazone groups is 1. The first kappa shape index (κ1) is 24.1. The van der Waals surface area contributed by atoms with Gasteiger partial charge in [0.15, 0.2) is 16.0 Å². The molecule has 0 unspecified atom stereocenters. The molecule has 0 saturated carbocycles. The molecule has 0 fully saturated rings. The number of amides is 1. The topological polar surface area (TPSA) is 85.1 Å². The second kappa shape index (κ2) is 10.9. The fourth-order valence-corrected chi connectivity index (χ4v) is 4.85. The molecule has 0 aliphatic rings. The average molecular weight is 511 g/mol. The lowest BCUT2D eigenvalue weighted by Gasteiger charge is -2.09. The van der Waals surface area contributed by atoms with E-state index in [0.717, 1.165) is 22.0 Å². The van der Waals surface area contributed by atoms with E-state index in [0.29, 0.717) is 27.6 Å². The maximum Gasteiger partial charge on any atom is 0.250 e. The van der Waals surface area contributed by atoms with Crippen molar-refractivity contribution in [2.45, 2.75) is 31.8 Å². The number of rotatable bonds is 8. The van der Waals surface area contributed by atoms with Gasteiger partial charge in [0.25, 0.3) is 5.91 Å². The minimum Gasteiger partial charge on any atom is -0.272 e. The van der Waals surface area contributed by atoms with Gasteiger partial charge in [0, 0.05) is 16.1 Å². The van der Waals surface area contributed by atoms with E-state index in [2.05, 4.69) is 34.6 Å². The zero-order chi connectivity index (χ0) is 24.1. The fraction of sp³-hybridized carbons (Fsp3) is 0.208. The third kappa shape index (κ3) is 5.72. The number of benzene rings is 2. The number of carbonyl (C=O) groups is 1. The molecule has 0 aliphatic carbocycles. The summed E-state index contributed by atoms with van der Waals surface area (Å²) in [6, 6.07) is 17.1.